The summed E-state index contributed by atoms with van der Waals surface area (Å²) >= 11 is 0. The summed E-state index contributed by atoms with van der Waals surface area (Å²) in [7, 11) is 3.89. The van der Waals surface area contributed by atoms with Gasteiger partial charge in [0, 0.05) is 19.6 Å². The van der Waals surface area contributed by atoms with E-state index in [0.29, 0.717) is 0 Å². The van der Waals surface area contributed by atoms with Crippen LogP contribution in [-0.2, 0) is 4.79 Å². The van der Waals surface area contributed by atoms with Crippen LogP contribution in [0.4, 0.5) is 11.4 Å². The van der Waals surface area contributed by atoms with Gasteiger partial charge < -0.3 is 16.0 Å². The number of hydrogen-bond donors (Lipinski definition) is 2. The van der Waals surface area contributed by atoms with E-state index >= 15 is 0 Å². The van der Waals surface area contributed by atoms with Crippen molar-refractivity contribution in [3.05, 3.63) is 24.3 Å². The number of anilines is 2. The van der Waals surface area contributed by atoms with E-state index < -0.39 is 11.0 Å². The Morgan fingerprint density at radius 3 is 2.16 bits per heavy atom. The molecule has 0 aliphatic heterocycles. The van der Waals surface area contributed by atoms with Crippen LogP contribution in [0.3, 0.4) is 0 Å². The molecule has 0 saturated heterocycles. The Balaban J connectivity index is 3.01. The van der Waals surface area contributed by atoms with Crippen LogP contribution in [0.2, 0.25) is 0 Å². The topological polar surface area (TPSA) is 58.4 Å². The summed E-state index contributed by atoms with van der Waals surface area (Å²) in [5.41, 5.74) is 6.62. The zero-order valence-corrected chi connectivity index (χ0v) is 12.7. The molecule has 3 N–H and O–H groups in total. The number of para-hydroxylation sites is 2. The molecule has 19 heavy (non-hydrogen) atoms. The van der Waals surface area contributed by atoms with Gasteiger partial charge in [-0.25, -0.2) is 0 Å². The van der Waals surface area contributed by atoms with Crippen molar-refractivity contribution in [3.8, 4) is 0 Å². The highest BCUT2D eigenvalue weighted by Gasteiger charge is 2.40. The van der Waals surface area contributed by atoms with Crippen LogP contribution in [0.15, 0.2) is 24.3 Å². The van der Waals surface area contributed by atoms with Crippen molar-refractivity contribution in [1.82, 2.24) is 0 Å². The van der Waals surface area contributed by atoms with Gasteiger partial charge in [0.1, 0.15) is 0 Å². The van der Waals surface area contributed by atoms with Crippen LogP contribution in [0, 0.1) is 5.41 Å². The molecule has 0 fully saturated rings. The predicted octanol–water partition coefficient (Wildman–Crippen LogP) is 2.45. The van der Waals surface area contributed by atoms with E-state index in [1.807, 2.05) is 71.0 Å². The highest BCUT2D eigenvalue weighted by atomic mass is 16.2. The highest BCUT2D eigenvalue weighted by molar-refractivity contribution is 5.98. The van der Waals surface area contributed by atoms with Gasteiger partial charge >= 0.3 is 0 Å². The molecule has 0 radical (unpaired) electrons. The minimum absolute atomic E-state index is 0.0747. The zero-order valence-electron chi connectivity index (χ0n) is 12.7. The third-order valence-electron chi connectivity index (χ3n) is 3.81. The van der Waals surface area contributed by atoms with E-state index in [1.165, 1.54) is 0 Å². The first-order valence-electron chi connectivity index (χ1n) is 6.44. The molecule has 106 valence electrons. The molecular formula is C15H25N3O. The Bertz CT molecular complexity index is 459. The molecule has 0 aromatic heterocycles. The molecule has 0 bridgehead atoms. The fraction of sp³-hybridized carbons (Fsp3) is 0.533. The van der Waals surface area contributed by atoms with Crippen molar-refractivity contribution in [3.63, 3.8) is 0 Å². The van der Waals surface area contributed by atoms with Crippen molar-refractivity contribution in [2.45, 2.75) is 33.2 Å². The minimum Gasteiger partial charge on any atom is -0.376 e. The summed E-state index contributed by atoms with van der Waals surface area (Å²) in [5, 5.41) is 2.98. The Hall–Kier alpha value is -1.55. The number of nitrogens with two attached hydrogens (primary N) is 1. The maximum Gasteiger partial charge on any atom is 0.231 e. The van der Waals surface area contributed by atoms with Crippen molar-refractivity contribution in [2.75, 3.05) is 24.3 Å². The first-order valence-corrected chi connectivity index (χ1v) is 6.44. The first-order chi connectivity index (χ1) is 8.57. The fourth-order valence-electron chi connectivity index (χ4n) is 1.54. The molecule has 0 aliphatic rings. The number of nitrogens with zero attached hydrogens (tertiary/aromatic N) is 1. The number of benzene rings is 1. The second-order valence-corrected chi connectivity index (χ2v) is 6.21. The molecule has 0 saturated carbocycles. The largest absolute Gasteiger partial charge is 0.376 e. The van der Waals surface area contributed by atoms with E-state index in [0.717, 1.165) is 11.4 Å². The van der Waals surface area contributed by atoms with E-state index in [1.54, 1.807) is 0 Å². The molecule has 4 heteroatoms. The Kier molecular flexibility index (Phi) is 4.25. The van der Waals surface area contributed by atoms with E-state index in [2.05, 4.69) is 5.32 Å². The van der Waals surface area contributed by atoms with Gasteiger partial charge in [-0.1, -0.05) is 12.1 Å². The summed E-state index contributed by atoms with van der Waals surface area (Å²) in [6.07, 6.45) is 0. The van der Waals surface area contributed by atoms with E-state index in [4.69, 9.17) is 5.73 Å². The summed E-state index contributed by atoms with van der Waals surface area (Å²) in [6, 6.07) is 7.72. The van der Waals surface area contributed by atoms with Crippen LogP contribution >= 0.6 is 0 Å². The average Bonchev–Trinajstić information content (AvgIpc) is 2.27. The second kappa shape index (κ2) is 5.21. The molecule has 1 aromatic rings. The molecule has 0 heterocycles. The third-order valence-corrected chi connectivity index (χ3v) is 3.81. The van der Waals surface area contributed by atoms with Gasteiger partial charge in [-0.3, -0.25) is 4.79 Å². The minimum atomic E-state index is -0.660. The molecule has 4 nitrogen and oxygen atoms in total. The lowest BCUT2D eigenvalue weighted by atomic mass is 9.74. The summed E-state index contributed by atoms with van der Waals surface area (Å²) in [6.45, 7) is 7.45. The smallest absolute Gasteiger partial charge is 0.231 e. The number of nitrogens with one attached hydrogen (secondary N) is 1. The Morgan fingerprint density at radius 1 is 1.16 bits per heavy atom. The Morgan fingerprint density at radius 2 is 1.68 bits per heavy atom. The lowest BCUT2D eigenvalue weighted by Gasteiger charge is -2.37. The maximum absolute atomic E-state index is 12.4. The van der Waals surface area contributed by atoms with Crippen LogP contribution in [0.1, 0.15) is 27.7 Å². The third kappa shape index (κ3) is 3.26. The standard InChI is InChI=1S/C15H25N3O/c1-14(2,15(3,4)16)13(19)17-11-9-7-8-10-12(11)18(5)6/h7-10H,16H2,1-6H3,(H,17,19). The van der Waals surface area contributed by atoms with Crippen LogP contribution < -0.4 is 16.0 Å². The van der Waals surface area contributed by atoms with Gasteiger partial charge in [-0.15, -0.1) is 0 Å². The molecule has 0 unspecified atom stereocenters. The molecule has 1 amide bonds. The zero-order chi connectivity index (χ0) is 14.8. The quantitative estimate of drug-likeness (QED) is 0.877. The van der Waals surface area contributed by atoms with Gasteiger partial charge in [0.25, 0.3) is 0 Å². The van der Waals surface area contributed by atoms with Crippen molar-refractivity contribution < 1.29 is 4.79 Å². The van der Waals surface area contributed by atoms with E-state index in [-0.39, 0.29) is 5.91 Å². The molecule has 0 atom stereocenters. The van der Waals surface area contributed by atoms with Gasteiger partial charge in [-0.2, -0.15) is 0 Å². The summed E-state index contributed by atoms with van der Waals surface area (Å²) in [5.74, 6) is -0.0747. The SMILES string of the molecule is CN(C)c1ccccc1NC(=O)C(C)(C)C(C)(C)N. The monoisotopic (exact) mass is 263 g/mol. The second-order valence-electron chi connectivity index (χ2n) is 6.21. The maximum atomic E-state index is 12.4. The van der Waals surface area contributed by atoms with Crippen LogP contribution in [0.25, 0.3) is 0 Å². The molecular weight excluding hydrogens is 238 g/mol. The number of carbonyl (C=O) groups excluding carboxylic acids is 1. The molecule has 0 aliphatic carbocycles. The summed E-state index contributed by atoms with van der Waals surface area (Å²) in [4.78, 5) is 14.4. The fourth-order valence-corrected chi connectivity index (χ4v) is 1.54. The van der Waals surface area contributed by atoms with Crippen molar-refractivity contribution in [2.24, 2.45) is 11.1 Å². The first kappa shape index (κ1) is 15.5. The van der Waals surface area contributed by atoms with Gasteiger partial charge in [0.15, 0.2) is 0 Å². The van der Waals surface area contributed by atoms with Gasteiger partial charge in [-0.05, 0) is 39.8 Å². The number of carbonyl (C=O) groups is 1. The van der Waals surface area contributed by atoms with E-state index in [9.17, 15) is 4.79 Å². The highest BCUT2D eigenvalue weighted by Crippen LogP contribution is 2.31. The van der Waals surface area contributed by atoms with Crippen LogP contribution in [-0.4, -0.2) is 25.5 Å². The normalized spacial score (nSPS) is 12.2. The number of amides is 1. The Labute approximate surface area is 116 Å². The van der Waals surface area contributed by atoms with Crippen molar-refractivity contribution >= 4 is 17.3 Å². The summed E-state index contributed by atoms with van der Waals surface area (Å²) < 4.78 is 0. The molecule has 1 aromatic carbocycles. The molecule has 1 rings (SSSR count). The average molecular weight is 263 g/mol. The predicted molar refractivity (Wildman–Crippen MR) is 81.4 cm³/mol. The van der Waals surface area contributed by atoms with Gasteiger partial charge in [0.05, 0.1) is 16.8 Å². The molecule has 0 spiro atoms. The lowest BCUT2D eigenvalue weighted by molar-refractivity contribution is -0.126. The lowest BCUT2D eigenvalue weighted by Crippen LogP contribution is -2.53. The van der Waals surface area contributed by atoms with Gasteiger partial charge in [0.2, 0.25) is 5.91 Å². The van der Waals surface area contributed by atoms with Crippen LogP contribution in [0.5, 0.6) is 0 Å². The number of rotatable bonds is 4. The van der Waals surface area contributed by atoms with Crippen molar-refractivity contribution in [1.29, 1.82) is 0 Å². The number of hydrogen-bond acceptors (Lipinski definition) is 3.